The molecule has 7 heteroatoms. The third kappa shape index (κ3) is 2.33. The van der Waals surface area contributed by atoms with Crippen LogP contribution in [-0.4, -0.2) is 36.1 Å². The third-order valence-electron chi connectivity index (χ3n) is 3.81. The number of rotatable bonds is 2. The topological polar surface area (TPSA) is 70.2 Å². The number of thiol groups is 1. The zero-order chi connectivity index (χ0) is 16.0. The number of fused-ring (bicyclic) bond motifs is 3. The number of aryl methyl sites for hydroxylation is 1. The Kier molecular flexibility index (Phi) is 3.23. The summed E-state index contributed by atoms with van der Waals surface area (Å²) in [6.45, 7) is 3.22. The molecule has 1 aromatic carbocycles. The van der Waals surface area contributed by atoms with Gasteiger partial charge in [-0.2, -0.15) is 0 Å². The number of carbonyl (C=O) groups is 1. The van der Waals surface area contributed by atoms with Gasteiger partial charge >= 0.3 is 0 Å². The highest BCUT2D eigenvalue weighted by atomic mass is 32.1. The Bertz CT molecular complexity index is 869. The average Bonchev–Trinajstić information content (AvgIpc) is 3.09. The number of anilines is 1. The number of hydrogen-bond acceptors (Lipinski definition) is 6. The molecule has 3 heterocycles. The number of benzene rings is 1. The Labute approximate surface area is 138 Å². The van der Waals surface area contributed by atoms with Crippen LogP contribution in [0.4, 0.5) is 11.6 Å². The molecule has 6 nitrogen and oxygen atoms in total. The molecule has 0 saturated heterocycles. The standard InChI is InChI=1S/C16H14N4O2S/c1-9-12(15(21)19-10-3-2-4-11(23)7-10)13-14-17-5-6-20(14)8-18-16(13)22-9/h2-4,7-8,23H,5-6H2,1H3,(H,19,21). The number of carbonyl (C=O) groups excluding carboxylic acids is 1. The van der Waals surface area contributed by atoms with Crippen molar-refractivity contribution in [3.05, 3.63) is 41.2 Å². The maximum absolute atomic E-state index is 12.7. The maximum Gasteiger partial charge on any atom is 0.260 e. The van der Waals surface area contributed by atoms with Crippen LogP contribution in [0.1, 0.15) is 21.7 Å². The number of amides is 1. The third-order valence-corrected chi connectivity index (χ3v) is 4.09. The fraction of sp³-hybridized carbons (Fsp3) is 0.188. The van der Waals surface area contributed by atoms with E-state index in [2.05, 4.69) is 27.9 Å². The van der Waals surface area contributed by atoms with E-state index >= 15 is 0 Å². The quantitative estimate of drug-likeness (QED) is 0.834. The van der Waals surface area contributed by atoms with Gasteiger partial charge in [-0.15, -0.1) is 12.6 Å². The molecule has 2 aliphatic heterocycles. The molecule has 1 amide bonds. The minimum atomic E-state index is -0.238. The van der Waals surface area contributed by atoms with Gasteiger partial charge in [-0.3, -0.25) is 9.79 Å². The lowest BCUT2D eigenvalue weighted by Gasteiger charge is -2.18. The van der Waals surface area contributed by atoms with Gasteiger partial charge in [0, 0.05) is 17.1 Å². The van der Waals surface area contributed by atoms with Crippen LogP contribution < -0.4 is 5.32 Å². The van der Waals surface area contributed by atoms with Gasteiger partial charge in [0.2, 0.25) is 5.88 Å². The summed E-state index contributed by atoms with van der Waals surface area (Å²) in [5.41, 5.74) is 1.83. The van der Waals surface area contributed by atoms with Crippen LogP contribution in [0.3, 0.4) is 0 Å². The molecule has 0 aliphatic carbocycles. The fourth-order valence-electron chi connectivity index (χ4n) is 2.80. The molecule has 1 aromatic heterocycles. The minimum Gasteiger partial charge on any atom is -0.442 e. The van der Waals surface area contributed by atoms with Crippen molar-refractivity contribution in [2.75, 3.05) is 18.4 Å². The van der Waals surface area contributed by atoms with Crippen molar-refractivity contribution in [2.45, 2.75) is 11.8 Å². The first-order valence-electron chi connectivity index (χ1n) is 7.23. The Balaban J connectivity index is 1.74. The van der Waals surface area contributed by atoms with E-state index < -0.39 is 0 Å². The summed E-state index contributed by atoms with van der Waals surface area (Å²) < 4.78 is 5.65. The first kappa shape index (κ1) is 14.1. The van der Waals surface area contributed by atoms with Crippen molar-refractivity contribution < 1.29 is 9.21 Å². The molecule has 2 aromatic rings. The van der Waals surface area contributed by atoms with Gasteiger partial charge in [0.05, 0.1) is 17.7 Å². The summed E-state index contributed by atoms with van der Waals surface area (Å²) in [4.78, 5) is 24.2. The van der Waals surface area contributed by atoms with Crippen molar-refractivity contribution in [2.24, 2.45) is 9.98 Å². The lowest BCUT2D eigenvalue weighted by Crippen LogP contribution is -2.30. The summed E-state index contributed by atoms with van der Waals surface area (Å²) in [6, 6.07) is 7.30. The highest BCUT2D eigenvalue weighted by Crippen LogP contribution is 2.34. The second-order valence-corrected chi connectivity index (χ2v) is 5.88. The molecule has 0 unspecified atom stereocenters. The Hall–Kier alpha value is -2.54. The van der Waals surface area contributed by atoms with Crippen molar-refractivity contribution in [1.29, 1.82) is 0 Å². The number of amidine groups is 1. The fourth-order valence-corrected chi connectivity index (χ4v) is 3.02. The van der Waals surface area contributed by atoms with Gasteiger partial charge in [0.15, 0.2) is 0 Å². The summed E-state index contributed by atoms with van der Waals surface area (Å²) in [5.74, 6) is 1.48. The Morgan fingerprint density at radius 2 is 2.30 bits per heavy atom. The average molecular weight is 326 g/mol. The first-order valence-corrected chi connectivity index (χ1v) is 7.67. The molecule has 4 rings (SSSR count). The largest absolute Gasteiger partial charge is 0.442 e. The molecule has 116 valence electrons. The lowest BCUT2D eigenvalue weighted by atomic mass is 10.1. The SMILES string of the molecule is Cc1oc2c(c1C(=O)Nc1cccc(S)c1)C1=NCCN1C=N2. The van der Waals surface area contributed by atoms with E-state index in [1.54, 1.807) is 19.3 Å². The van der Waals surface area contributed by atoms with Gasteiger partial charge in [-0.05, 0) is 25.1 Å². The van der Waals surface area contributed by atoms with Crippen molar-refractivity contribution in [3.63, 3.8) is 0 Å². The number of nitrogens with zero attached hydrogens (tertiary/aromatic N) is 3. The van der Waals surface area contributed by atoms with Crippen LogP contribution in [0.2, 0.25) is 0 Å². The van der Waals surface area contributed by atoms with Gasteiger partial charge < -0.3 is 14.6 Å². The molecule has 0 bridgehead atoms. The number of aliphatic imine (C=N–C) groups is 2. The Morgan fingerprint density at radius 1 is 1.43 bits per heavy atom. The second-order valence-electron chi connectivity index (χ2n) is 5.36. The van der Waals surface area contributed by atoms with Crippen molar-refractivity contribution >= 4 is 42.3 Å². The summed E-state index contributed by atoms with van der Waals surface area (Å²) in [7, 11) is 0. The normalized spacial score (nSPS) is 15.2. The molecule has 0 atom stereocenters. The van der Waals surface area contributed by atoms with Crippen LogP contribution in [0.25, 0.3) is 0 Å². The predicted octanol–water partition coefficient (Wildman–Crippen LogP) is 2.86. The highest BCUT2D eigenvalue weighted by molar-refractivity contribution is 7.80. The predicted molar refractivity (Wildman–Crippen MR) is 91.4 cm³/mol. The number of hydrogen-bond donors (Lipinski definition) is 2. The Morgan fingerprint density at radius 3 is 3.13 bits per heavy atom. The van der Waals surface area contributed by atoms with E-state index in [0.717, 1.165) is 17.3 Å². The monoisotopic (exact) mass is 326 g/mol. The molecule has 0 spiro atoms. The van der Waals surface area contributed by atoms with Gasteiger partial charge in [-0.25, -0.2) is 4.99 Å². The van der Waals surface area contributed by atoms with Gasteiger partial charge in [0.1, 0.15) is 17.9 Å². The highest BCUT2D eigenvalue weighted by Gasteiger charge is 2.33. The van der Waals surface area contributed by atoms with Crippen molar-refractivity contribution in [1.82, 2.24) is 4.90 Å². The molecule has 0 fully saturated rings. The van der Waals surface area contributed by atoms with E-state index in [1.165, 1.54) is 0 Å². The lowest BCUT2D eigenvalue weighted by molar-refractivity contribution is 0.102. The van der Waals surface area contributed by atoms with Crippen LogP contribution in [-0.2, 0) is 0 Å². The summed E-state index contributed by atoms with van der Waals surface area (Å²) >= 11 is 4.29. The van der Waals surface area contributed by atoms with Gasteiger partial charge in [-0.1, -0.05) is 6.07 Å². The smallest absolute Gasteiger partial charge is 0.260 e. The van der Waals surface area contributed by atoms with Crippen LogP contribution in [0.15, 0.2) is 43.6 Å². The number of furan rings is 1. The maximum atomic E-state index is 12.7. The molecule has 2 aliphatic rings. The molecule has 0 saturated carbocycles. The van der Waals surface area contributed by atoms with Crippen LogP contribution >= 0.6 is 12.6 Å². The molecular formula is C16H14N4O2S. The number of nitrogens with one attached hydrogen (secondary N) is 1. The van der Waals surface area contributed by atoms with E-state index in [4.69, 9.17) is 4.42 Å². The summed E-state index contributed by atoms with van der Waals surface area (Å²) in [5, 5.41) is 2.88. The van der Waals surface area contributed by atoms with Gasteiger partial charge in [0.25, 0.3) is 5.91 Å². The zero-order valence-electron chi connectivity index (χ0n) is 12.4. The van der Waals surface area contributed by atoms with E-state index in [0.29, 0.717) is 35.0 Å². The molecular weight excluding hydrogens is 312 g/mol. The molecule has 0 radical (unpaired) electrons. The molecule has 1 N–H and O–H groups in total. The van der Waals surface area contributed by atoms with E-state index in [1.807, 2.05) is 23.1 Å². The zero-order valence-corrected chi connectivity index (χ0v) is 13.3. The van der Waals surface area contributed by atoms with E-state index in [-0.39, 0.29) is 5.91 Å². The van der Waals surface area contributed by atoms with Crippen molar-refractivity contribution in [3.8, 4) is 0 Å². The molecule has 23 heavy (non-hydrogen) atoms. The van der Waals surface area contributed by atoms with Crippen LogP contribution in [0.5, 0.6) is 0 Å². The second kappa shape index (κ2) is 5.27. The van der Waals surface area contributed by atoms with Crippen LogP contribution in [0, 0.1) is 6.92 Å². The summed E-state index contributed by atoms with van der Waals surface area (Å²) in [6.07, 6.45) is 1.70. The first-order chi connectivity index (χ1) is 11.1. The van der Waals surface area contributed by atoms with E-state index in [9.17, 15) is 4.79 Å². The minimum absolute atomic E-state index is 0.238.